The number of thioether (sulfide) groups is 1. The van der Waals surface area contributed by atoms with E-state index in [1.807, 2.05) is 46.6 Å². The fourth-order valence-corrected chi connectivity index (χ4v) is 4.37. The Labute approximate surface area is 173 Å². The molecule has 2 aliphatic rings. The van der Waals surface area contributed by atoms with E-state index in [2.05, 4.69) is 29.2 Å². The van der Waals surface area contributed by atoms with E-state index < -0.39 is 5.60 Å². The van der Waals surface area contributed by atoms with Crippen molar-refractivity contribution in [3.05, 3.63) is 29.8 Å². The van der Waals surface area contributed by atoms with Crippen LogP contribution in [0, 0.1) is 0 Å². The summed E-state index contributed by atoms with van der Waals surface area (Å²) in [7, 11) is 4.09. The fourth-order valence-electron chi connectivity index (χ4n) is 3.36. The van der Waals surface area contributed by atoms with Crippen LogP contribution in [0.2, 0.25) is 0 Å². The number of allylic oxidation sites excluding steroid dienone is 1. The summed E-state index contributed by atoms with van der Waals surface area (Å²) in [5.74, 6) is 2.08. The fraction of sp³-hybridized carbons (Fsp3) is 0.591. The van der Waals surface area contributed by atoms with E-state index in [4.69, 9.17) is 9.47 Å². The van der Waals surface area contributed by atoms with Gasteiger partial charge in [-0.2, -0.15) is 0 Å². The number of nitrogens with zero attached hydrogens (tertiary/aromatic N) is 2. The Morgan fingerprint density at radius 1 is 1.21 bits per heavy atom. The van der Waals surface area contributed by atoms with Crippen molar-refractivity contribution in [2.45, 2.75) is 51.7 Å². The summed E-state index contributed by atoms with van der Waals surface area (Å²) in [6.07, 6.45) is 4.93. The highest BCUT2D eigenvalue weighted by molar-refractivity contribution is 8.08. The lowest BCUT2D eigenvalue weighted by Gasteiger charge is -2.34. The van der Waals surface area contributed by atoms with Gasteiger partial charge < -0.3 is 19.3 Å². The summed E-state index contributed by atoms with van der Waals surface area (Å²) in [5, 5.41) is 0. The van der Waals surface area contributed by atoms with Crippen molar-refractivity contribution < 1.29 is 14.3 Å². The molecule has 2 heterocycles. The molecule has 1 fully saturated rings. The SMILES string of the molecule is CN(C)c1ccc(C2=CCCS2)c(OC2CCN(C(=O)OC(C)(C)C)CC2)c1. The summed E-state index contributed by atoms with van der Waals surface area (Å²) in [4.78, 5) is 17.5. The molecule has 154 valence electrons. The second-order valence-electron chi connectivity index (χ2n) is 8.57. The molecule has 0 spiro atoms. The van der Waals surface area contributed by atoms with Crippen molar-refractivity contribution in [3.8, 4) is 5.75 Å². The number of ether oxygens (including phenoxy) is 2. The minimum absolute atomic E-state index is 0.113. The number of hydrogen-bond donors (Lipinski definition) is 0. The molecule has 6 heteroatoms. The second kappa shape index (κ2) is 8.68. The first-order valence-electron chi connectivity index (χ1n) is 10.0. The summed E-state index contributed by atoms with van der Waals surface area (Å²) >= 11 is 1.89. The molecule has 1 aromatic carbocycles. The first-order chi connectivity index (χ1) is 13.2. The number of carbonyl (C=O) groups is 1. The Morgan fingerprint density at radius 3 is 2.50 bits per heavy atom. The van der Waals surface area contributed by atoms with Crippen LogP contribution in [0.15, 0.2) is 24.3 Å². The summed E-state index contributed by atoms with van der Waals surface area (Å²) in [5.41, 5.74) is 1.86. The first-order valence-corrected chi connectivity index (χ1v) is 11.0. The zero-order valence-electron chi connectivity index (χ0n) is 17.7. The minimum Gasteiger partial charge on any atom is -0.490 e. The number of benzene rings is 1. The van der Waals surface area contributed by atoms with Crippen molar-refractivity contribution in [1.82, 2.24) is 4.90 Å². The quantitative estimate of drug-likeness (QED) is 0.706. The summed E-state index contributed by atoms with van der Waals surface area (Å²) in [6.45, 7) is 7.03. The molecular weight excluding hydrogens is 372 g/mol. The van der Waals surface area contributed by atoms with Crippen LogP contribution < -0.4 is 9.64 Å². The lowest BCUT2D eigenvalue weighted by atomic mass is 10.1. The molecule has 0 radical (unpaired) electrons. The molecule has 0 aromatic heterocycles. The molecule has 1 saturated heterocycles. The van der Waals surface area contributed by atoms with E-state index in [0.29, 0.717) is 13.1 Å². The zero-order valence-corrected chi connectivity index (χ0v) is 18.5. The summed E-state index contributed by atoms with van der Waals surface area (Å²) < 4.78 is 11.9. The van der Waals surface area contributed by atoms with E-state index in [9.17, 15) is 4.79 Å². The lowest BCUT2D eigenvalue weighted by Crippen LogP contribution is -2.44. The molecule has 2 aliphatic heterocycles. The van der Waals surface area contributed by atoms with Gasteiger partial charge >= 0.3 is 6.09 Å². The number of rotatable bonds is 4. The predicted molar refractivity (Wildman–Crippen MR) is 117 cm³/mol. The van der Waals surface area contributed by atoms with Crippen molar-refractivity contribution >= 4 is 28.4 Å². The highest BCUT2D eigenvalue weighted by Gasteiger charge is 2.28. The number of likely N-dealkylation sites (tertiary alicyclic amines) is 1. The van der Waals surface area contributed by atoms with Gasteiger partial charge in [-0.05, 0) is 39.3 Å². The van der Waals surface area contributed by atoms with Gasteiger partial charge in [0.05, 0.1) is 0 Å². The van der Waals surface area contributed by atoms with E-state index >= 15 is 0 Å². The van der Waals surface area contributed by atoms with Crippen LogP contribution >= 0.6 is 11.8 Å². The van der Waals surface area contributed by atoms with Crippen molar-refractivity contribution in [2.24, 2.45) is 0 Å². The molecule has 1 aromatic rings. The molecule has 0 aliphatic carbocycles. The molecule has 28 heavy (non-hydrogen) atoms. The topological polar surface area (TPSA) is 42.0 Å². The molecule has 0 atom stereocenters. The maximum absolute atomic E-state index is 12.3. The predicted octanol–water partition coefficient (Wildman–Crippen LogP) is 5.01. The Bertz CT molecular complexity index is 732. The summed E-state index contributed by atoms with van der Waals surface area (Å²) in [6, 6.07) is 6.45. The number of amides is 1. The number of carbonyl (C=O) groups excluding carboxylic acids is 1. The number of hydrogen-bond acceptors (Lipinski definition) is 5. The van der Waals surface area contributed by atoms with Gasteiger partial charge in [-0.1, -0.05) is 6.08 Å². The highest BCUT2D eigenvalue weighted by Crippen LogP contribution is 2.40. The molecular formula is C22H32N2O3S. The van der Waals surface area contributed by atoms with Gasteiger partial charge in [-0.15, -0.1) is 11.8 Å². The van der Waals surface area contributed by atoms with E-state index in [1.54, 1.807) is 4.90 Å². The van der Waals surface area contributed by atoms with Crippen LogP contribution in [0.25, 0.3) is 4.91 Å². The normalized spacial score (nSPS) is 18.0. The average molecular weight is 405 g/mol. The monoisotopic (exact) mass is 404 g/mol. The Kier molecular flexibility index (Phi) is 6.48. The minimum atomic E-state index is -0.460. The zero-order chi connectivity index (χ0) is 20.3. The van der Waals surface area contributed by atoms with Gasteiger partial charge in [-0.3, -0.25) is 0 Å². The van der Waals surface area contributed by atoms with Gasteiger partial charge in [0.2, 0.25) is 0 Å². The van der Waals surface area contributed by atoms with Gasteiger partial charge in [0.1, 0.15) is 17.5 Å². The maximum Gasteiger partial charge on any atom is 0.410 e. The molecule has 0 N–H and O–H groups in total. The Morgan fingerprint density at radius 2 is 1.93 bits per heavy atom. The van der Waals surface area contributed by atoms with Crippen molar-refractivity contribution in [3.63, 3.8) is 0 Å². The third kappa shape index (κ3) is 5.37. The van der Waals surface area contributed by atoms with Crippen LogP contribution in [-0.4, -0.2) is 55.6 Å². The smallest absolute Gasteiger partial charge is 0.410 e. The van der Waals surface area contributed by atoms with Crippen LogP contribution in [0.3, 0.4) is 0 Å². The number of piperidine rings is 1. The van der Waals surface area contributed by atoms with Crippen molar-refractivity contribution in [2.75, 3.05) is 37.8 Å². The van der Waals surface area contributed by atoms with Gasteiger partial charge in [-0.25, -0.2) is 4.79 Å². The van der Waals surface area contributed by atoms with Crippen LogP contribution in [0.1, 0.15) is 45.6 Å². The average Bonchev–Trinajstić information content (AvgIpc) is 3.15. The van der Waals surface area contributed by atoms with E-state index in [-0.39, 0.29) is 12.2 Å². The van der Waals surface area contributed by atoms with E-state index in [1.165, 1.54) is 10.5 Å². The van der Waals surface area contributed by atoms with E-state index in [0.717, 1.165) is 36.5 Å². The highest BCUT2D eigenvalue weighted by atomic mass is 32.2. The molecule has 0 saturated carbocycles. The lowest BCUT2D eigenvalue weighted by molar-refractivity contribution is 0.0126. The molecule has 3 rings (SSSR count). The van der Waals surface area contributed by atoms with Crippen LogP contribution in [-0.2, 0) is 4.74 Å². The standard InChI is InChI=1S/C22H32N2O3S/c1-22(2,3)27-21(25)24-12-10-17(11-13-24)26-19-15-16(23(4)5)8-9-18(19)20-7-6-14-28-20/h7-9,15,17H,6,10-14H2,1-5H3. The third-order valence-electron chi connectivity index (χ3n) is 4.84. The first kappa shape index (κ1) is 20.9. The van der Waals surface area contributed by atoms with Crippen LogP contribution in [0.5, 0.6) is 5.75 Å². The molecule has 1 amide bonds. The largest absolute Gasteiger partial charge is 0.490 e. The molecule has 0 bridgehead atoms. The van der Waals surface area contributed by atoms with Crippen LogP contribution in [0.4, 0.5) is 10.5 Å². The van der Waals surface area contributed by atoms with Crippen molar-refractivity contribution in [1.29, 1.82) is 0 Å². The maximum atomic E-state index is 12.3. The van der Waals surface area contributed by atoms with Gasteiger partial charge in [0.25, 0.3) is 0 Å². The second-order valence-corrected chi connectivity index (χ2v) is 9.70. The number of anilines is 1. The Balaban J connectivity index is 1.67. The Hall–Kier alpha value is -1.82. The molecule has 0 unspecified atom stereocenters. The molecule has 5 nitrogen and oxygen atoms in total. The van der Waals surface area contributed by atoms with Gasteiger partial charge in [0.15, 0.2) is 0 Å². The third-order valence-corrected chi connectivity index (χ3v) is 5.98. The van der Waals surface area contributed by atoms with Gasteiger partial charge in [0, 0.05) is 68.0 Å².